The number of carbonyl (C=O) groups excluding carboxylic acids is 1. The van der Waals surface area contributed by atoms with E-state index in [1.807, 2.05) is 32.2 Å². The standard InChI is InChI=1S/C13H15BrN4O/c1-9-10(4-3-5-11(9)14)13(19)15-7-6-12-16-8-18(2)17-12/h3-5,8H,6-7H2,1-2H3,(H,15,19). The van der Waals surface area contributed by atoms with Gasteiger partial charge < -0.3 is 5.32 Å². The molecule has 0 atom stereocenters. The fraction of sp³-hybridized carbons (Fsp3) is 0.308. The highest BCUT2D eigenvalue weighted by molar-refractivity contribution is 9.10. The van der Waals surface area contributed by atoms with Crippen LogP contribution in [0.25, 0.3) is 0 Å². The van der Waals surface area contributed by atoms with E-state index in [2.05, 4.69) is 31.3 Å². The minimum absolute atomic E-state index is 0.0743. The average molecular weight is 323 g/mol. The molecule has 1 heterocycles. The van der Waals surface area contributed by atoms with Crippen LogP contribution in [0.4, 0.5) is 0 Å². The van der Waals surface area contributed by atoms with E-state index in [4.69, 9.17) is 0 Å². The van der Waals surface area contributed by atoms with Gasteiger partial charge in [-0.15, -0.1) is 0 Å². The topological polar surface area (TPSA) is 59.8 Å². The number of benzene rings is 1. The molecule has 1 aromatic heterocycles. The van der Waals surface area contributed by atoms with Crippen LogP contribution in [0.1, 0.15) is 21.7 Å². The van der Waals surface area contributed by atoms with Crippen LogP contribution in [-0.4, -0.2) is 27.2 Å². The first-order valence-corrected chi connectivity index (χ1v) is 6.75. The highest BCUT2D eigenvalue weighted by Crippen LogP contribution is 2.19. The number of aromatic nitrogens is 3. The van der Waals surface area contributed by atoms with Crippen molar-refractivity contribution < 1.29 is 4.79 Å². The summed E-state index contributed by atoms with van der Waals surface area (Å²) >= 11 is 3.42. The van der Waals surface area contributed by atoms with Gasteiger partial charge in [0.05, 0.1) is 0 Å². The maximum atomic E-state index is 12.0. The summed E-state index contributed by atoms with van der Waals surface area (Å²) in [5.41, 5.74) is 1.62. The third-order valence-corrected chi connectivity index (χ3v) is 3.65. The lowest BCUT2D eigenvalue weighted by Gasteiger charge is -2.08. The molecular weight excluding hydrogens is 308 g/mol. The summed E-state index contributed by atoms with van der Waals surface area (Å²) in [7, 11) is 1.82. The van der Waals surface area contributed by atoms with Gasteiger partial charge >= 0.3 is 0 Å². The SMILES string of the molecule is Cc1c(Br)cccc1C(=O)NCCc1ncn(C)n1. The van der Waals surface area contributed by atoms with E-state index in [-0.39, 0.29) is 5.91 Å². The molecule has 2 aromatic rings. The zero-order chi connectivity index (χ0) is 13.8. The van der Waals surface area contributed by atoms with Crippen molar-refractivity contribution in [1.82, 2.24) is 20.1 Å². The molecule has 1 amide bonds. The highest BCUT2D eigenvalue weighted by atomic mass is 79.9. The van der Waals surface area contributed by atoms with Crippen molar-refractivity contribution in [2.45, 2.75) is 13.3 Å². The van der Waals surface area contributed by atoms with Crippen molar-refractivity contribution >= 4 is 21.8 Å². The Bertz CT molecular complexity index is 594. The van der Waals surface area contributed by atoms with Crippen LogP contribution in [0, 0.1) is 6.92 Å². The summed E-state index contributed by atoms with van der Waals surface area (Å²) in [5.74, 6) is 0.656. The number of aryl methyl sites for hydroxylation is 1. The number of rotatable bonds is 4. The van der Waals surface area contributed by atoms with E-state index in [1.54, 1.807) is 11.0 Å². The van der Waals surface area contributed by atoms with Crippen LogP contribution in [-0.2, 0) is 13.5 Å². The van der Waals surface area contributed by atoms with E-state index in [9.17, 15) is 4.79 Å². The van der Waals surface area contributed by atoms with Gasteiger partial charge in [0, 0.05) is 30.0 Å². The fourth-order valence-electron chi connectivity index (χ4n) is 1.73. The number of carbonyl (C=O) groups is 1. The molecule has 0 fully saturated rings. The second-order valence-corrected chi connectivity index (χ2v) is 5.11. The van der Waals surface area contributed by atoms with Crippen molar-refractivity contribution in [3.8, 4) is 0 Å². The third-order valence-electron chi connectivity index (χ3n) is 2.79. The van der Waals surface area contributed by atoms with Crippen LogP contribution >= 0.6 is 15.9 Å². The molecule has 0 spiro atoms. The first kappa shape index (κ1) is 13.7. The van der Waals surface area contributed by atoms with Gasteiger partial charge in [-0.2, -0.15) is 5.10 Å². The Hall–Kier alpha value is -1.69. The zero-order valence-electron chi connectivity index (χ0n) is 10.9. The summed E-state index contributed by atoms with van der Waals surface area (Å²) in [5, 5.41) is 7.03. The number of amides is 1. The summed E-state index contributed by atoms with van der Waals surface area (Å²) in [6, 6.07) is 5.59. The van der Waals surface area contributed by atoms with E-state index >= 15 is 0 Å². The molecule has 5 nitrogen and oxygen atoms in total. The number of nitrogens with zero attached hydrogens (tertiary/aromatic N) is 3. The van der Waals surface area contributed by atoms with E-state index < -0.39 is 0 Å². The maximum Gasteiger partial charge on any atom is 0.251 e. The molecule has 0 bridgehead atoms. The van der Waals surface area contributed by atoms with E-state index in [0.717, 1.165) is 15.9 Å². The molecule has 0 saturated heterocycles. The molecule has 0 aliphatic rings. The molecule has 0 aliphatic heterocycles. The highest BCUT2D eigenvalue weighted by Gasteiger charge is 2.10. The number of hydrogen-bond donors (Lipinski definition) is 1. The molecule has 19 heavy (non-hydrogen) atoms. The number of nitrogens with one attached hydrogen (secondary N) is 1. The monoisotopic (exact) mass is 322 g/mol. The molecule has 0 unspecified atom stereocenters. The largest absolute Gasteiger partial charge is 0.352 e. The smallest absolute Gasteiger partial charge is 0.251 e. The molecule has 0 aliphatic carbocycles. The van der Waals surface area contributed by atoms with Gasteiger partial charge in [0.15, 0.2) is 5.82 Å². The lowest BCUT2D eigenvalue weighted by Crippen LogP contribution is -2.26. The number of hydrogen-bond acceptors (Lipinski definition) is 3. The van der Waals surface area contributed by atoms with Gasteiger partial charge in [0.2, 0.25) is 0 Å². The molecule has 0 radical (unpaired) electrons. The van der Waals surface area contributed by atoms with Gasteiger partial charge in [-0.1, -0.05) is 22.0 Å². The summed E-state index contributed by atoms with van der Waals surface area (Å²) in [6.07, 6.45) is 2.27. The minimum Gasteiger partial charge on any atom is -0.352 e. The third kappa shape index (κ3) is 3.41. The quantitative estimate of drug-likeness (QED) is 0.934. The molecule has 6 heteroatoms. The Balaban J connectivity index is 1.93. The van der Waals surface area contributed by atoms with Crippen molar-refractivity contribution in [2.24, 2.45) is 7.05 Å². The molecule has 1 aromatic carbocycles. The van der Waals surface area contributed by atoms with Crippen LogP contribution in [0.3, 0.4) is 0 Å². The first-order valence-electron chi connectivity index (χ1n) is 5.96. The second kappa shape index (κ2) is 5.97. The number of halogens is 1. The molecule has 2 rings (SSSR count). The van der Waals surface area contributed by atoms with Crippen LogP contribution in [0.15, 0.2) is 29.0 Å². The van der Waals surface area contributed by atoms with Gasteiger partial charge in [0.25, 0.3) is 5.91 Å². The van der Waals surface area contributed by atoms with Crippen molar-refractivity contribution in [2.75, 3.05) is 6.54 Å². The minimum atomic E-state index is -0.0743. The summed E-state index contributed by atoms with van der Waals surface area (Å²) < 4.78 is 2.59. The normalized spacial score (nSPS) is 10.5. The Labute approximate surface area is 120 Å². The van der Waals surface area contributed by atoms with Crippen LogP contribution in [0.5, 0.6) is 0 Å². The Morgan fingerprint density at radius 1 is 1.47 bits per heavy atom. The molecular formula is C13H15BrN4O. The molecule has 1 N–H and O–H groups in total. The lowest BCUT2D eigenvalue weighted by molar-refractivity contribution is 0.0953. The van der Waals surface area contributed by atoms with E-state index in [1.165, 1.54) is 0 Å². The predicted molar refractivity (Wildman–Crippen MR) is 75.9 cm³/mol. The first-order chi connectivity index (χ1) is 9.08. The Morgan fingerprint density at radius 2 is 2.26 bits per heavy atom. The van der Waals surface area contributed by atoms with Crippen molar-refractivity contribution in [1.29, 1.82) is 0 Å². The molecule has 0 saturated carbocycles. The van der Waals surface area contributed by atoms with Gasteiger partial charge in [0.1, 0.15) is 6.33 Å². The van der Waals surface area contributed by atoms with Gasteiger partial charge in [-0.3, -0.25) is 9.48 Å². The van der Waals surface area contributed by atoms with Crippen molar-refractivity contribution in [3.05, 3.63) is 46.0 Å². The summed E-state index contributed by atoms with van der Waals surface area (Å²) in [4.78, 5) is 16.1. The molecule has 100 valence electrons. The lowest BCUT2D eigenvalue weighted by atomic mass is 10.1. The predicted octanol–water partition coefficient (Wildman–Crippen LogP) is 1.86. The Morgan fingerprint density at radius 3 is 2.95 bits per heavy atom. The van der Waals surface area contributed by atoms with Crippen LogP contribution < -0.4 is 5.32 Å². The Kier molecular flexibility index (Phi) is 4.31. The second-order valence-electron chi connectivity index (χ2n) is 4.25. The van der Waals surface area contributed by atoms with E-state index in [0.29, 0.717) is 18.5 Å². The van der Waals surface area contributed by atoms with Crippen LogP contribution in [0.2, 0.25) is 0 Å². The van der Waals surface area contributed by atoms with Gasteiger partial charge in [-0.25, -0.2) is 4.98 Å². The van der Waals surface area contributed by atoms with Gasteiger partial charge in [-0.05, 0) is 24.6 Å². The zero-order valence-corrected chi connectivity index (χ0v) is 12.4. The summed E-state index contributed by atoms with van der Waals surface area (Å²) in [6.45, 7) is 2.44. The fourth-order valence-corrected chi connectivity index (χ4v) is 2.10. The van der Waals surface area contributed by atoms with Crippen molar-refractivity contribution in [3.63, 3.8) is 0 Å². The maximum absolute atomic E-state index is 12.0. The average Bonchev–Trinajstić information content (AvgIpc) is 2.78.